The SMILES string of the molecule is COc1ccc(CCNC(=S)c2ccc(OCc3ccccc3)cc2)cc1. The van der Waals surface area contributed by atoms with Crippen LogP contribution in [0.3, 0.4) is 0 Å². The van der Waals surface area contributed by atoms with Crippen LogP contribution in [0.5, 0.6) is 11.5 Å². The van der Waals surface area contributed by atoms with Crippen LogP contribution in [0.1, 0.15) is 16.7 Å². The normalized spacial score (nSPS) is 10.3. The first-order valence-electron chi connectivity index (χ1n) is 8.92. The standard InChI is InChI=1S/C23H23NO2S/c1-25-21-11-7-18(8-12-21)15-16-24-23(27)20-9-13-22(14-10-20)26-17-19-5-3-2-4-6-19/h2-14H,15-17H2,1H3,(H,24,27). The van der Waals surface area contributed by atoms with Crippen molar-refractivity contribution in [2.45, 2.75) is 13.0 Å². The lowest BCUT2D eigenvalue weighted by Crippen LogP contribution is -2.24. The minimum absolute atomic E-state index is 0.560. The number of ether oxygens (including phenoxy) is 2. The van der Waals surface area contributed by atoms with Crippen LogP contribution in [-0.2, 0) is 13.0 Å². The molecule has 0 heterocycles. The van der Waals surface area contributed by atoms with E-state index in [4.69, 9.17) is 21.7 Å². The quantitative estimate of drug-likeness (QED) is 0.572. The molecule has 0 aliphatic heterocycles. The fourth-order valence-corrected chi connectivity index (χ4v) is 2.90. The summed E-state index contributed by atoms with van der Waals surface area (Å²) >= 11 is 5.49. The molecule has 0 amide bonds. The predicted octanol–water partition coefficient (Wildman–Crippen LogP) is 4.78. The lowest BCUT2D eigenvalue weighted by atomic mass is 10.1. The molecule has 0 aliphatic carbocycles. The second-order valence-corrected chi connectivity index (χ2v) is 6.56. The second-order valence-electron chi connectivity index (χ2n) is 6.15. The Morgan fingerprint density at radius 3 is 2.15 bits per heavy atom. The van der Waals surface area contributed by atoms with Gasteiger partial charge in [-0.05, 0) is 53.9 Å². The van der Waals surface area contributed by atoms with E-state index in [1.807, 2.05) is 54.6 Å². The first-order valence-corrected chi connectivity index (χ1v) is 9.33. The maximum Gasteiger partial charge on any atom is 0.119 e. The molecule has 3 aromatic rings. The highest BCUT2D eigenvalue weighted by Crippen LogP contribution is 2.15. The summed E-state index contributed by atoms with van der Waals surface area (Å²) in [6, 6.07) is 26.1. The summed E-state index contributed by atoms with van der Waals surface area (Å²) in [5.74, 6) is 1.71. The lowest BCUT2D eigenvalue weighted by Gasteiger charge is -2.10. The number of benzene rings is 3. The average molecular weight is 378 g/mol. The van der Waals surface area contributed by atoms with Gasteiger partial charge in [0.15, 0.2) is 0 Å². The summed E-state index contributed by atoms with van der Waals surface area (Å²) in [6.45, 7) is 1.35. The van der Waals surface area contributed by atoms with Gasteiger partial charge < -0.3 is 14.8 Å². The average Bonchev–Trinajstić information content (AvgIpc) is 2.74. The van der Waals surface area contributed by atoms with Gasteiger partial charge >= 0.3 is 0 Å². The van der Waals surface area contributed by atoms with Gasteiger partial charge in [0.05, 0.1) is 7.11 Å². The zero-order chi connectivity index (χ0) is 18.9. The molecule has 3 rings (SSSR count). The Balaban J connectivity index is 1.45. The molecule has 0 fully saturated rings. The summed E-state index contributed by atoms with van der Waals surface area (Å²) in [5, 5.41) is 3.31. The summed E-state index contributed by atoms with van der Waals surface area (Å²) in [6.07, 6.45) is 0.905. The maximum absolute atomic E-state index is 5.81. The molecule has 0 unspecified atom stereocenters. The summed E-state index contributed by atoms with van der Waals surface area (Å²) in [4.78, 5) is 0.748. The Morgan fingerprint density at radius 1 is 0.815 bits per heavy atom. The Morgan fingerprint density at radius 2 is 1.48 bits per heavy atom. The number of nitrogens with one attached hydrogen (secondary N) is 1. The molecule has 0 saturated heterocycles. The number of methoxy groups -OCH3 is 1. The van der Waals surface area contributed by atoms with Gasteiger partial charge in [0, 0.05) is 12.1 Å². The largest absolute Gasteiger partial charge is 0.497 e. The molecule has 0 aromatic heterocycles. The van der Waals surface area contributed by atoms with Gasteiger partial charge in [-0.15, -0.1) is 0 Å². The van der Waals surface area contributed by atoms with Crippen molar-refractivity contribution in [3.05, 3.63) is 95.6 Å². The van der Waals surface area contributed by atoms with Gasteiger partial charge in [0.1, 0.15) is 23.1 Å². The van der Waals surface area contributed by atoms with Crippen molar-refractivity contribution in [1.82, 2.24) is 5.32 Å². The smallest absolute Gasteiger partial charge is 0.119 e. The van der Waals surface area contributed by atoms with Crippen molar-refractivity contribution in [3.63, 3.8) is 0 Å². The molecule has 4 heteroatoms. The van der Waals surface area contributed by atoms with Gasteiger partial charge in [-0.2, -0.15) is 0 Å². The van der Waals surface area contributed by atoms with Crippen LogP contribution >= 0.6 is 12.2 Å². The molecule has 138 valence electrons. The highest BCUT2D eigenvalue weighted by Gasteiger charge is 2.02. The first-order chi connectivity index (χ1) is 13.2. The number of hydrogen-bond donors (Lipinski definition) is 1. The van der Waals surface area contributed by atoms with Crippen LogP contribution in [0.25, 0.3) is 0 Å². The molecule has 0 aliphatic rings. The van der Waals surface area contributed by atoms with E-state index in [0.717, 1.165) is 40.6 Å². The fraction of sp³-hybridized carbons (Fsp3) is 0.174. The minimum Gasteiger partial charge on any atom is -0.497 e. The number of thiocarbonyl (C=S) groups is 1. The van der Waals surface area contributed by atoms with Crippen LogP contribution in [0, 0.1) is 0 Å². The van der Waals surface area contributed by atoms with E-state index in [2.05, 4.69) is 29.6 Å². The van der Waals surface area contributed by atoms with Gasteiger partial charge in [-0.1, -0.05) is 54.7 Å². The summed E-state index contributed by atoms with van der Waals surface area (Å²) in [5.41, 5.74) is 3.39. The van der Waals surface area contributed by atoms with Gasteiger partial charge in [0.2, 0.25) is 0 Å². The van der Waals surface area contributed by atoms with E-state index in [0.29, 0.717) is 6.61 Å². The van der Waals surface area contributed by atoms with Crippen LogP contribution in [0.15, 0.2) is 78.9 Å². The Hall–Kier alpha value is -2.85. The van der Waals surface area contributed by atoms with Crippen molar-refractivity contribution in [1.29, 1.82) is 0 Å². The van der Waals surface area contributed by atoms with Crippen molar-refractivity contribution in [3.8, 4) is 11.5 Å². The molecule has 1 N–H and O–H groups in total. The Labute approximate surface area is 166 Å². The minimum atomic E-state index is 0.560. The lowest BCUT2D eigenvalue weighted by molar-refractivity contribution is 0.306. The fourth-order valence-electron chi connectivity index (χ4n) is 2.66. The molecule has 27 heavy (non-hydrogen) atoms. The van der Waals surface area contributed by atoms with Crippen molar-refractivity contribution in [2.24, 2.45) is 0 Å². The molecule has 3 nitrogen and oxygen atoms in total. The molecule has 0 radical (unpaired) electrons. The molecule has 0 saturated carbocycles. The van der Waals surface area contributed by atoms with Gasteiger partial charge in [-0.3, -0.25) is 0 Å². The van der Waals surface area contributed by atoms with E-state index in [1.54, 1.807) is 7.11 Å². The number of hydrogen-bond acceptors (Lipinski definition) is 3. The Kier molecular flexibility index (Phi) is 6.83. The molecule has 3 aromatic carbocycles. The van der Waals surface area contributed by atoms with E-state index < -0.39 is 0 Å². The van der Waals surface area contributed by atoms with Crippen molar-refractivity contribution >= 4 is 17.2 Å². The molecular formula is C23H23NO2S. The van der Waals surface area contributed by atoms with Gasteiger partial charge in [-0.25, -0.2) is 0 Å². The second kappa shape index (κ2) is 9.74. The highest BCUT2D eigenvalue weighted by molar-refractivity contribution is 7.80. The Bertz CT molecular complexity index is 846. The van der Waals surface area contributed by atoms with Crippen LogP contribution in [-0.4, -0.2) is 18.6 Å². The third-order valence-corrected chi connectivity index (χ3v) is 4.60. The topological polar surface area (TPSA) is 30.5 Å². The highest BCUT2D eigenvalue weighted by atomic mass is 32.1. The third-order valence-electron chi connectivity index (χ3n) is 4.22. The predicted molar refractivity (Wildman–Crippen MR) is 114 cm³/mol. The van der Waals surface area contributed by atoms with Crippen LogP contribution < -0.4 is 14.8 Å². The van der Waals surface area contributed by atoms with E-state index >= 15 is 0 Å². The zero-order valence-corrected chi connectivity index (χ0v) is 16.2. The third kappa shape index (κ3) is 5.83. The van der Waals surface area contributed by atoms with Crippen LogP contribution in [0.2, 0.25) is 0 Å². The van der Waals surface area contributed by atoms with Crippen molar-refractivity contribution in [2.75, 3.05) is 13.7 Å². The molecule has 0 bridgehead atoms. The monoisotopic (exact) mass is 377 g/mol. The first kappa shape index (κ1) is 18.9. The van der Waals surface area contributed by atoms with Crippen molar-refractivity contribution < 1.29 is 9.47 Å². The van der Waals surface area contributed by atoms with Gasteiger partial charge in [0.25, 0.3) is 0 Å². The van der Waals surface area contributed by atoms with Crippen LogP contribution in [0.4, 0.5) is 0 Å². The maximum atomic E-state index is 5.81. The van der Waals surface area contributed by atoms with E-state index in [1.165, 1.54) is 5.56 Å². The van der Waals surface area contributed by atoms with E-state index in [-0.39, 0.29) is 0 Å². The summed E-state index contributed by atoms with van der Waals surface area (Å²) < 4.78 is 11.0. The number of rotatable bonds is 8. The van der Waals surface area contributed by atoms with E-state index in [9.17, 15) is 0 Å². The molecular weight excluding hydrogens is 354 g/mol. The molecule has 0 spiro atoms. The summed E-state index contributed by atoms with van der Waals surface area (Å²) in [7, 11) is 1.67. The molecule has 0 atom stereocenters. The zero-order valence-electron chi connectivity index (χ0n) is 15.4.